The molecular weight excluding hydrogens is 447 g/mol. The highest BCUT2D eigenvalue weighted by molar-refractivity contribution is 5.95. The van der Waals surface area contributed by atoms with Crippen molar-refractivity contribution in [2.75, 3.05) is 23.7 Å². The van der Waals surface area contributed by atoms with E-state index < -0.39 is 11.8 Å². The number of halogens is 3. The van der Waals surface area contributed by atoms with Gasteiger partial charge in [-0.2, -0.15) is 0 Å². The van der Waals surface area contributed by atoms with Crippen molar-refractivity contribution in [1.29, 1.82) is 0 Å². The Morgan fingerprint density at radius 1 is 0.882 bits per heavy atom. The summed E-state index contributed by atoms with van der Waals surface area (Å²) in [5.74, 6) is -0.449. The van der Waals surface area contributed by atoms with Crippen LogP contribution < -0.4 is 15.4 Å². The standard InChI is InChI=1S/C25H30F3N3O3/c1-23(2,3)17-5-7-18(8-6-17)29-21(32)24(4)13-15-31(16-14-24)22(33)30-19-9-11-20(12-10-19)34-25(26,27)28/h5-12H,13-16H2,1-4H3,(H,29,32)(H,30,33). The van der Waals surface area contributed by atoms with Crippen LogP contribution in [0.25, 0.3) is 0 Å². The molecule has 1 aliphatic heterocycles. The van der Waals surface area contributed by atoms with Gasteiger partial charge in [0.25, 0.3) is 0 Å². The first-order valence-electron chi connectivity index (χ1n) is 11.1. The van der Waals surface area contributed by atoms with Crippen molar-refractivity contribution in [2.24, 2.45) is 5.41 Å². The number of hydrogen-bond donors (Lipinski definition) is 2. The fraction of sp³-hybridized carbons (Fsp3) is 0.440. The van der Waals surface area contributed by atoms with Gasteiger partial charge in [0.15, 0.2) is 0 Å². The molecule has 0 saturated carbocycles. The number of hydrogen-bond acceptors (Lipinski definition) is 3. The second kappa shape index (κ2) is 9.56. The van der Waals surface area contributed by atoms with Crippen LogP contribution in [0.4, 0.5) is 29.3 Å². The molecule has 2 aromatic rings. The molecule has 3 rings (SSSR count). The average molecular weight is 478 g/mol. The number of nitrogens with zero attached hydrogens (tertiary/aromatic N) is 1. The normalized spacial score (nSPS) is 16.0. The molecule has 9 heteroatoms. The molecule has 6 nitrogen and oxygen atoms in total. The van der Waals surface area contributed by atoms with Crippen LogP contribution in [0.5, 0.6) is 5.75 Å². The SMILES string of the molecule is CC1(C(=O)Nc2ccc(C(C)(C)C)cc2)CCN(C(=O)Nc2ccc(OC(F)(F)F)cc2)CC1. The molecule has 0 atom stereocenters. The van der Waals surface area contributed by atoms with Crippen molar-refractivity contribution in [3.05, 3.63) is 54.1 Å². The molecular formula is C25H30F3N3O3. The van der Waals surface area contributed by atoms with Gasteiger partial charge in [0.2, 0.25) is 5.91 Å². The number of ether oxygens (including phenoxy) is 1. The van der Waals surface area contributed by atoms with E-state index in [1.165, 1.54) is 17.7 Å². The first-order chi connectivity index (χ1) is 15.7. The molecule has 0 radical (unpaired) electrons. The number of alkyl halides is 3. The maximum Gasteiger partial charge on any atom is 0.573 e. The van der Waals surface area contributed by atoms with E-state index in [2.05, 4.69) is 36.1 Å². The van der Waals surface area contributed by atoms with E-state index in [4.69, 9.17) is 0 Å². The summed E-state index contributed by atoms with van der Waals surface area (Å²) in [5, 5.41) is 5.65. The zero-order valence-electron chi connectivity index (χ0n) is 19.8. The van der Waals surface area contributed by atoms with E-state index in [0.29, 0.717) is 31.6 Å². The van der Waals surface area contributed by atoms with Gasteiger partial charge in [-0.3, -0.25) is 4.79 Å². The summed E-state index contributed by atoms with van der Waals surface area (Å²) < 4.78 is 40.6. The highest BCUT2D eigenvalue weighted by Gasteiger charge is 2.38. The molecule has 3 amide bonds. The average Bonchev–Trinajstić information content (AvgIpc) is 2.74. The minimum atomic E-state index is -4.77. The molecule has 34 heavy (non-hydrogen) atoms. The molecule has 0 bridgehead atoms. The summed E-state index contributed by atoms with van der Waals surface area (Å²) in [4.78, 5) is 27.1. The number of carbonyl (C=O) groups is 2. The highest BCUT2D eigenvalue weighted by Crippen LogP contribution is 2.33. The number of likely N-dealkylation sites (tertiary alicyclic amines) is 1. The van der Waals surface area contributed by atoms with E-state index in [1.807, 2.05) is 31.2 Å². The molecule has 0 aromatic heterocycles. The summed E-state index contributed by atoms with van der Waals surface area (Å²) in [6.07, 6.45) is -3.79. The lowest BCUT2D eigenvalue weighted by Gasteiger charge is -2.38. The number of amides is 3. The van der Waals surface area contributed by atoms with E-state index in [-0.39, 0.29) is 23.1 Å². The zero-order chi connectivity index (χ0) is 25.1. The minimum Gasteiger partial charge on any atom is -0.406 e. The van der Waals surface area contributed by atoms with Crippen LogP contribution in [0.2, 0.25) is 0 Å². The summed E-state index contributed by atoms with van der Waals surface area (Å²) in [7, 11) is 0. The van der Waals surface area contributed by atoms with Gasteiger partial charge < -0.3 is 20.3 Å². The number of carbonyl (C=O) groups excluding carboxylic acids is 2. The van der Waals surface area contributed by atoms with Crippen LogP contribution in [0, 0.1) is 5.41 Å². The van der Waals surface area contributed by atoms with Crippen molar-refractivity contribution >= 4 is 23.3 Å². The third-order valence-electron chi connectivity index (χ3n) is 6.05. The third kappa shape index (κ3) is 6.65. The third-order valence-corrected chi connectivity index (χ3v) is 6.05. The topological polar surface area (TPSA) is 70.7 Å². The van der Waals surface area contributed by atoms with Gasteiger partial charge in [-0.1, -0.05) is 39.8 Å². The summed E-state index contributed by atoms with van der Waals surface area (Å²) in [6, 6.07) is 12.4. The highest BCUT2D eigenvalue weighted by atomic mass is 19.4. The smallest absolute Gasteiger partial charge is 0.406 e. The summed E-state index contributed by atoms with van der Waals surface area (Å²) in [5.41, 5.74) is 1.68. The van der Waals surface area contributed by atoms with Crippen LogP contribution >= 0.6 is 0 Å². The van der Waals surface area contributed by atoms with Crippen LogP contribution in [0.1, 0.15) is 46.1 Å². The molecule has 1 heterocycles. The lowest BCUT2D eigenvalue weighted by molar-refractivity contribution is -0.274. The molecule has 0 aliphatic carbocycles. The molecule has 1 fully saturated rings. The van der Waals surface area contributed by atoms with E-state index in [1.54, 1.807) is 4.90 Å². The number of urea groups is 1. The second-order valence-electron chi connectivity index (χ2n) is 9.83. The Morgan fingerprint density at radius 2 is 1.38 bits per heavy atom. The van der Waals surface area contributed by atoms with Crippen LogP contribution in [-0.2, 0) is 10.2 Å². The molecule has 1 saturated heterocycles. The Bertz CT molecular complexity index is 1000. The van der Waals surface area contributed by atoms with Crippen LogP contribution in [0.15, 0.2) is 48.5 Å². The largest absolute Gasteiger partial charge is 0.573 e. The quantitative estimate of drug-likeness (QED) is 0.554. The van der Waals surface area contributed by atoms with Gasteiger partial charge in [0.05, 0.1) is 5.41 Å². The van der Waals surface area contributed by atoms with Crippen molar-refractivity contribution in [2.45, 2.75) is 52.3 Å². The van der Waals surface area contributed by atoms with Crippen LogP contribution in [0.3, 0.4) is 0 Å². The molecule has 1 aliphatic rings. The zero-order valence-corrected chi connectivity index (χ0v) is 19.8. The fourth-order valence-corrected chi connectivity index (χ4v) is 3.71. The van der Waals surface area contributed by atoms with Crippen molar-refractivity contribution in [1.82, 2.24) is 4.90 Å². The van der Waals surface area contributed by atoms with Gasteiger partial charge >= 0.3 is 12.4 Å². The Balaban J connectivity index is 1.52. The minimum absolute atomic E-state index is 0.0286. The number of anilines is 2. The number of rotatable bonds is 4. The number of nitrogens with one attached hydrogen (secondary N) is 2. The summed E-state index contributed by atoms with van der Waals surface area (Å²) in [6.45, 7) is 9.04. The molecule has 0 spiro atoms. The maximum absolute atomic E-state index is 12.9. The first kappa shape index (κ1) is 25.4. The predicted molar refractivity (Wildman–Crippen MR) is 125 cm³/mol. The van der Waals surface area contributed by atoms with Crippen molar-refractivity contribution in [3.63, 3.8) is 0 Å². The molecule has 2 aromatic carbocycles. The van der Waals surface area contributed by atoms with Gasteiger partial charge in [0, 0.05) is 24.5 Å². The molecule has 2 N–H and O–H groups in total. The molecule has 0 unspecified atom stereocenters. The Hall–Kier alpha value is -3.23. The van der Waals surface area contributed by atoms with Gasteiger partial charge in [-0.25, -0.2) is 4.79 Å². The van der Waals surface area contributed by atoms with Crippen LogP contribution in [-0.4, -0.2) is 36.3 Å². The molecule has 184 valence electrons. The lowest BCUT2D eigenvalue weighted by Crippen LogP contribution is -2.48. The number of benzene rings is 2. The van der Waals surface area contributed by atoms with E-state index >= 15 is 0 Å². The predicted octanol–water partition coefficient (Wildman–Crippen LogP) is 6.16. The van der Waals surface area contributed by atoms with Crippen molar-refractivity contribution < 1.29 is 27.5 Å². The van der Waals surface area contributed by atoms with Gasteiger partial charge in [-0.15, -0.1) is 13.2 Å². The van der Waals surface area contributed by atoms with E-state index in [9.17, 15) is 22.8 Å². The van der Waals surface area contributed by atoms with Crippen molar-refractivity contribution in [3.8, 4) is 5.75 Å². The summed E-state index contributed by atoms with van der Waals surface area (Å²) >= 11 is 0. The van der Waals surface area contributed by atoms with Gasteiger partial charge in [0.1, 0.15) is 5.75 Å². The Kier molecular flexibility index (Phi) is 7.14. The lowest BCUT2D eigenvalue weighted by atomic mass is 9.79. The number of piperidine rings is 1. The maximum atomic E-state index is 12.9. The Morgan fingerprint density at radius 3 is 1.88 bits per heavy atom. The second-order valence-corrected chi connectivity index (χ2v) is 9.83. The van der Waals surface area contributed by atoms with Gasteiger partial charge in [-0.05, 0) is 60.2 Å². The first-order valence-corrected chi connectivity index (χ1v) is 11.1. The monoisotopic (exact) mass is 477 g/mol. The fourth-order valence-electron chi connectivity index (χ4n) is 3.71. The Labute approximate surface area is 197 Å². The van der Waals surface area contributed by atoms with E-state index in [0.717, 1.165) is 17.8 Å².